The number of halogens is 1. The summed E-state index contributed by atoms with van der Waals surface area (Å²) in [6.45, 7) is 4.30. The van der Waals surface area contributed by atoms with Crippen LogP contribution in [-0.2, 0) is 6.54 Å². The second kappa shape index (κ2) is 7.70. The molecule has 0 radical (unpaired) electrons. The molecular weight excluding hydrogens is 417 g/mol. The monoisotopic (exact) mass is 445 g/mol. The van der Waals surface area contributed by atoms with Crippen LogP contribution in [0.25, 0.3) is 27.9 Å². The van der Waals surface area contributed by atoms with Crippen LogP contribution in [0.15, 0.2) is 42.6 Å². The summed E-state index contributed by atoms with van der Waals surface area (Å²) >= 11 is 0. The van der Waals surface area contributed by atoms with E-state index in [0.29, 0.717) is 18.0 Å². The molecule has 4 aromatic rings. The molecule has 2 aliphatic rings. The molecule has 6 rings (SSSR count). The van der Waals surface area contributed by atoms with E-state index in [1.54, 1.807) is 6.07 Å². The van der Waals surface area contributed by atoms with Crippen LogP contribution in [0.4, 0.5) is 4.39 Å². The lowest BCUT2D eigenvalue weighted by Gasteiger charge is -2.30. The lowest BCUT2D eigenvalue weighted by molar-refractivity contribution is 0.0709. The SMILES string of the molecule is Cc1c(-c2cc3cc(F)ccc3n2CC2CC2)nc2cc(C(=O)N3CCC[C@@H](N)C3)ccn12. The summed E-state index contributed by atoms with van der Waals surface area (Å²) in [7, 11) is 0. The van der Waals surface area contributed by atoms with E-state index >= 15 is 0 Å². The van der Waals surface area contributed by atoms with Crippen molar-refractivity contribution in [1.82, 2.24) is 18.9 Å². The highest BCUT2D eigenvalue weighted by molar-refractivity contribution is 5.95. The van der Waals surface area contributed by atoms with Crippen molar-refractivity contribution in [2.75, 3.05) is 13.1 Å². The third-order valence-electron chi connectivity index (χ3n) is 7.10. The number of imidazole rings is 1. The third kappa shape index (κ3) is 3.60. The molecule has 0 spiro atoms. The zero-order valence-electron chi connectivity index (χ0n) is 18.8. The van der Waals surface area contributed by atoms with Gasteiger partial charge in [-0.25, -0.2) is 9.37 Å². The number of hydrogen-bond acceptors (Lipinski definition) is 3. The largest absolute Gasteiger partial charge is 0.339 e. The van der Waals surface area contributed by atoms with Gasteiger partial charge in [0.05, 0.1) is 5.69 Å². The van der Waals surface area contributed by atoms with Crippen molar-refractivity contribution in [2.45, 2.75) is 45.2 Å². The third-order valence-corrected chi connectivity index (χ3v) is 7.10. The molecule has 1 saturated carbocycles. The van der Waals surface area contributed by atoms with Gasteiger partial charge in [-0.2, -0.15) is 0 Å². The van der Waals surface area contributed by atoms with Gasteiger partial charge in [0.2, 0.25) is 0 Å². The maximum Gasteiger partial charge on any atom is 0.254 e. The number of carbonyl (C=O) groups excluding carboxylic acids is 1. The number of hydrogen-bond donors (Lipinski definition) is 1. The van der Waals surface area contributed by atoms with E-state index in [2.05, 4.69) is 4.57 Å². The lowest BCUT2D eigenvalue weighted by Crippen LogP contribution is -2.45. The molecule has 0 bridgehead atoms. The number of aryl methyl sites for hydroxylation is 1. The normalized spacial score (nSPS) is 19.0. The number of carbonyl (C=O) groups is 1. The van der Waals surface area contributed by atoms with Crippen LogP contribution in [0, 0.1) is 18.7 Å². The minimum atomic E-state index is -0.232. The van der Waals surface area contributed by atoms with E-state index in [-0.39, 0.29) is 17.8 Å². The smallest absolute Gasteiger partial charge is 0.254 e. The fourth-order valence-electron chi connectivity index (χ4n) is 5.11. The predicted octanol–water partition coefficient (Wildman–Crippen LogP) is 4.38. The summed E-state index contributed by atoms with van der Waals surface area (Å²) in [6.07, 6.45) is 6.29. The van der Waals surface area contributed by atoms with E-state index in [9.17, 15) is 9.18 Å². The van der Waals surface area contributed by atoms with Gasteiger partial charge < -0.3 is 19.6 Å². The van der Waals surface area contributed by atoms with Gasteiger partial charge in [-0.1, -0.05) is 0 Å². The number of piperidine rings is 1. The van der Waals surface area contributed by atoms with Crippen molar-refractivity contribution in [3.8, 4) is 11.4 Å². The van der Waals surface area contributed by atoms with Gasteiger partial charge in [-0.15, -0.1) is 0 Å². The fraction of sp³-hybridized carbons (Fsp3) is 0.385. The molecule has 2 fully saturated rings. The quantitative estimate of drug-likeness (QED) is 0.507. The zero-order valence-corrected chi connectivity index (χ0v) is 18.8. The second-order valence-corrected chi connectivity index (χ2v) is 9.63. The van der Waals surface area contributed by atoms with Crippen LogP contribution in [-0.4, -0.2) is 43.9 Å². The maximum atomic E-state index is 13.9. The van der Waals surface area contributed by atoms with Crippen LogP contribution in [0.5, 0.6) is 0 Å². The maximum absolute atomic E-state index is 13.9. The molecule has 1 aromatic carbocycles. The van der Waals surface area contributed by atoms with Crippen molar-refractivity contribution in [1.29, 1.82) is 0 Å². The Labute approximate surface area is 191 Å². The lowest BCUT2D eigenvalue weighted by atomic mass is 10.1. The van der Waals surface area contributed by atoms with Gasteiger partial charge in [-0.3, -0.25) is 4.79 Å². The van der Waals surface area contributed by atoms with Gasteiger partial charge in [0.15, 0.2) is 0 Å². The summed E-state index contributed by atoms with van der Waals surface area (Å²) < 4.78 is 18.2. The molecule has 1 saturated heterocycles. The number of likely N-dealkylation sites (tertiary alicyclic amines) is 1. The van der Waals surface area contributed by atoms with Gasteiger partial charge in [0, 0.05) is 54.0 Å². The summed E-state index contributed by atoms with van der Waals surface area (Å²) in [4.78, 5) is 19.9. The highest BCUT2D eigenvalue weighted by Gasteiger charge is 2.26. The van der Waals surface area contributed by atoms with Crippen molar-refractivity contribution in [2.24, 2.45) is 11.7 Å². The summed E-state index contributed by atoms with van der Waals surface area (Å²) in [5.41, 5.74) is 11.4. The van der Waals surface area contributed by atoms with Crippen molar-refractivity contribution in [3.05, 3.63) is 59.7 Å². The molecule has 7 heteroatoms. The Morgan fingerprint density at radius 3 is 2.82 bits per heavy atom. The van der Waals surface area contributed by atoms with Crippen LogP contribution in [0.2, 0.25) is 0 Å². The van der Waals surface area contributed by atoms with Gasteiger partial charge in [-0.05, 0) is 74.9 Å². The van der Waals surface area contributed by atoms with Crippen LogP contribution in [0.3, 0.4) is 0 Å². The number of benzene rings is 1. The molecule has 170 valence electrons. The summed E-state index contributed by atoms with van der Waals surface area (Å²) in [5, 5.41) is 0.888. The van der Waals surface area contributed by atoms with Crippen molar-refractivity contribution < 1.29 is 9.18 Å². The first kappa shape index (κ1) is 20.4. The minimum Gasteiger partial charge on any atom is -0.339 e. The Bertz CT molecular complexity index is 1380. The van der Waals surface area contributed by atoms with E-state index in [1.165, 1.54) is 18.9 Å². The van der Waals surface area contributed by atoms with E-state index in [0.717, 1.165) is 59.6 Å². The topological polar surface area (TPSA) is 68.6 Å². The Hall–Kier alpha value is -3.19. The Kier molecular flexibility index (Phi) is 4.76. The molecule has 1 aliphatic carbocycles. The summed E-state index contributed by atoms with van der Waals surface area (Å²) in [6, 6.07) is 10.8. The molecule has 3 aromatic heterocycles. The number of aromatic nitrogens is 3. The molecule has 1 aliphatic heterocycles. The van der Waals surface area contributed by atoms with Gasteiger partial charge >= 0.3 is 0 Å². The number of rotatable bonds is 4. The zero-order chi connectivity index (χ0) is 22.7. The molecule has 0 unspecified atom stereocenters. The van der Waals surface area contributed by atoms with Gasteiger partial charge in [0.25, 0.3) is 5.91 Å². The molecule has 2 N–H and O–H groups in total. The highest BCUT2D eigenvalue weighted by Crippen LogP contribution is 2.37. The van der Waals surface area contributed by atoms with Gasteiger partial charge in [0.1, 0.15) is 17.2 Å². The molecule has 1 atom stereocenters. The predicted molar refractivity (Wildman–Crippen MR) is 127 cm³/mol. The van der Waals surface area contributed by atoms with Crippen molar-refractivity contribution >= 4 is 22.5 Å². The first-order valence-electron chi connectivity index (χ1n) is 11.8. The molecule has 1 amide bonds. The molecule has 6 nitrogen and oxygen atoms in total. The second-order valence-electron chi connectivity index (χ2n) is 9.63. The average Bonchev–Trinajstić information content (AvgIpc) is 3.48. The first-order chi connectivity index (χ1) is 16.0. The van der Waals surface area contributed by atoms with Crippen LogP contribution >= 0.6 is 0 Å². The number of nitrogens with two attached hydrogens (primary N) is 1. The molecule has 4 heterocycles. The van der Waals surface area contributed by atoms with E-state index < -0.39 is 0 Å². The number of amides is 1. The Balaban J connectivity index is 1.42. The molecule has 33 heavy (non-hydrogen) atoms. The Morgan fingerprint density at radius 1 is 1.18 bits per heavy atom. The average molecular weight is 446 g/mol. The fourth-order valence-corrected chi connectivity index (χ4v) is 5.11. The van der Waals surface area contributed by atoms with E-state index in [4.69, 9.17) is 10.7 Å². The standard InChI is InChI=1S/C26H28FN5O/c1-16-25(23-12-19-11-20(27)6-7-22(19)32(23)14-17-4-5-17)29-24-13-18(8-10-31(16)24)26(33)30-9-2-3-21(28)15-30/h6-8,10-13,17,21H,2-5,9,14-15,28H2,1H3/t21-/m1/s1. The number of fused-ring (bicyclic) bond motifs is 2. The van der Waals surface area contributed by atoms with Crippen LogP contribution in [0.1, 0.15) is 41.7 Å². The summed E-state index contributed by atoms with van der Waals surface area (Å²) in [5.74, 6) is 0.444. The first-order valence-corrected chi connectivity index (χ1v) is 11.8. The number of nitrogens with zero attached hydrogens (tertiary/aromatic N) is 4. The van der Waals surface area contributed by atoms with Crippen LogP contribution < -0.4 is 5.73 Å². The number of pyridine rings is 1. The van der Waals surface area contributed by atoms with E-state index in [1.807, 2.05) is 46.7 Å². The van der Waals surface area contributed by atoms with Crippen molar-refractivity contribution in [3.63, 3.8) is 0 Å². The Morgan fingerprint density at radius 2 is 2.03 bits per heavy atom. The molecular formula is C26H28FN5O. The highest BCUT2D eigenvalue weighted by atomic mass is 19.1. The minimum absolute atomic E-state index is 0.00757.